The van der Waals surface area contributed by atoms with E-state index in [1.165, 1.54) is 18.4 Å². The van der Waals surface area contributed by atoms with Gasteiger partial charge in [0.15, 0.2) is 0 Å². The van der Waals surface area contributed by atoms with Gasteiger partial charge in [-0.1, -0.05) is 12.8 Å². The molecule has 3 aliphatic rings. The van der Waals surface area contributed by atoms with E-state index in [4.69, 9.17) is 4.74 Å². The predicted octanol–water partition coefficient (Wildman–Crippen LogP) is 1.32. The van der Waals surface area contributed by atoms with E-state index in [0.717, 1.165) is 45.5 Å². The summed E-state index contributed by atoms with van der Waals surface area (Å²) in [5, 5.41) is 7.56. The molecule has 1 aliphatic carbocycles. The molecule has 1 saturated carbocycles. The number of amides is 1. The van der Waals surface area contributed by atoms with E-state index in [1.807, 2.05) is 17.9 Å². The molecule has 2 aliphatic heterocycles. The van der Waals surface area contributed by atoms with Gasteiger partial charge in [-0.3, -0.25) is 14.4 Å². The third-order valence-corrected chi connectivity index (χ3v) is 5.87. The van der Waals surface area contributed by atoms with E-state index in [2.05, 4.69) is 21.5 Å². The van der Waals surface area contributed by atoms with Crippen molar-refractivity contribution in [2.45, 2.75) is 50.8 Å². The zero-order valence-corrected chi connectivity index (χ0v) is 14.5. The Morgan fingerprint density at radius 3 is 2.92 bits per heavy atom. The summed E-state index contributed by atoms with van der Waals surface area (Å²) in [5.74, 6) is 0.693. The Balaban J connectivity index is 1.43. The number of aromatic nitrogens is 2. The molecule has 3 heterocycles. The standard InChI is InChI=1S/C18H28N4O2/c1-21-9-13(8-19-21)10-22-11-16(15-6-7-24-17(15)12-22)18(23)20-14-4-2-3-5-14/h8-9,14-17H,2-7,10-12H2,1H3,(H,20,23)/t15-,16-,17+/m0/s1. The molecule has 1 aromatic rings. The van der Waals surface area contributed by atoms with Gasteiger partial charge in [0, 0.05) is 57.0 Å². The lowest BCUT2D eigenvalue weighted by Gasteiger charge is -2.39. The van der Waals surface area contributed by atoms with E-state index >= 15 is 0 Å². The van der Waals surface area contributed by atoms with Crippen molar-refractivity contribution in [3.63, 3.8) is 0 Å². The van der Waals surface area contributed by atoms with Crippen LogP contribution in [0.3, 0.4) is 0 Å². The average molecular weight is 332 g/mol. The molecule has 132 valence electrons. The Labute approximate surface area is 143 Å². The Morgan fingerprint density at radius 1 is 1.33 bits per heavy atom. The number of carbonyl (C=O) groups excluding carboxylic acids is 1. The van der Waals surface area contributed by atoms with Gasteiger partial charge in [-0.2, -0.15) is 5.10 Å². The largest absolute Gasteiger partial charge is 0.377 e. The Hall–Kier alpha value is -1.40. The van der Waals surface area contributed by atoms with Gasteiger partial charge >= 0.3 is 0 Å². The Morgan fingerprint density at radius 2 is 2.17 bits per heavy atom. The van der Waals surface area contributed by atoms with Crippen LogP contribution < -0.4 is 5.32 Å². The normalized spacial score (nSPS) is 31.3. The molecule has 3 atom stereocenters. The van der Waals surface area contributed by atoms with Gasteiger partial charge in [0.1, 0.15) is 0 Å². The Kier molecular flexibility index (Phi) is 4.59. The summed E-state index contributed by atoms with van der Waals surface area (Å²) >= 11 is 0. The van der Waals surface area contributed by atoms with Crippen LogP contribution >= 0.6 is 0 Å². The van der Waals surface area contributed by atoms with Crippen LogP contribution in [0.1, 0.15) is 37.7 Å². The van der Waals surface area contributed by atoms with Gasteiger partial charge in [0.25, 0.3) is 0 Å². The number of aryl methyl sites for hydroxylation is 1. The monoisotopic (exact) mass is 332 g/mol. The molecular formula is C18H28N4O2. The van der Waals surface area contributed by atoms with Crippen LogP contribution in [0.25, 0.3) is 0 Å². The second-order valence-electron chi connectivity index (χ2n) is 7.67. The first-order valence-electron chi connectivity index (χ1n) is 9.31. The van der Waals surface area contributed by atoms with E-state index in [9.17, 15) is 4.79 Å². The number of ether oxygens (including phenoxy) is 1. The van der Waals surface area contributed by atoms with Gasteiger partial charge in [-0.05, 0) is 19.3 Å². The molecule has 1 amide bonds. The van der Waals surface area contributed by atoms with Gasteiger partial charge in [0.2, 0.25) is 5.91 Å². The predicted molar refractivity (Wildman–Crippen MR) is 90.2 cm³/mol. The van der Waals surface area contributed by atoms with Crippen LogP contribution in [-0.2, 0) is 23.1 Å². The number of hydrogen-bond acceptors (Lipinski definition) is 4. The highest BCUT2D eigenvalue weighted by molar-refractivity contribution is 5.79. The third kappa shape index (κ3) is 3.35. The summed E-state index contributed by atoms with van der Waals surface area (Å²) in [6.07, 6.45) is 9.97. The molecule has 0 spiro atoms. The SMILES string of the molecule is Cn1cc(CN2C[C@H](C(=O)NC3CCCC3)[C@@H]3CCO[C@@H]3C2)cn1. The number of likely N-dealkylation sites (tertiary alicyclic amines) is 1. The lowest BCUT2D eigenvalue weighted by molar-refractivity contribution is -0.132. The fourth-order valence-electron chi connectivity index (χ4n) is 4.65. The van der Waals surface area contributed by atoms with Crippen LogP contribution in [0.15, 0.2) is 12.4 Å². The molecule has 3 fully saturated rings. The molecule has 2 saturated heterocycles. The number of nitrogens with zero attached hydrogens (tertiary/aromatic N) is 3. The topological polar surface area (TPSA) is 59.4 Å². The molecule has 6 nitrogen and oxygen atoms in total. The first-order valence-corrected chi connectivity index (χ1v) is 9.31. The Bertz CT molecular complexity index is 581. The lowest BCUT2D eigenvalue weighted by atomic mass is 9.82. The minimum Gasteiger partial charge on any atom is -0.377 e. The van der Waals surface area contributed by atoms with Gasteiger partial charge in [0.05, 0.1) is 18.2 Å². The summed E-state index contributed by atoms with van der Waals surface area (Å²) in [4.78, 5) is 15.3. The van der Waals surface area contributed by atoms with E-state index in [0.29, 0.717) is 12.0 Å². The molecule has 1 aromatic heterocycles. The minimum absolute atomic E-state index is 0.0588. The number of piperidine rings is 1. The van der Waals surface area contributed by atoms with Crippen molar-refractivity contribution in [1.82, 2.24) is 20.0 Å². The number of fused-ring (bicyclic) bond motifs is 1. The minimum atomic E-state index is 0.0588. The van der Waals surface area contributed by atoms with Crippen LogP contribution in [0.4, 0.5) is 0 Å². The molecule has 4 rings (SSSR count). The molecule has 0 bridgehead atoms. The van der Waals surface area contributed by atoms with Crippen molar-refractivity contribution >= 4 is 5.91 Å². The van der Waals surface area contributed by atoms with Crippen molar-refractivity contribution in [2.24, 2.45) is 18.9 Å². The van der Waals surface area contributed by atoms with E-state index in [-0.39, 0.29) is 17.9 Å². The summed E-state index contributed by atoms with van der Waals surface area (Å²) in [6, 6.07) is 0.395. The molecule has 0 unspecified atom stereocenters. The maximum Gasteiger partial charge on any atom is 0.225 e. The average Bonchev–Trinajstić information content (AvgIpc) is 3.28. The summed E-state index contributed by atoms with van der Waals surface area (Å²) in [5.41, 5.74) is 1.20. The second kappa shape index (κ2) is 6.84. The molecule has 0 aromatic carbocycles. The number of rotatable bonds is 4. The molecule has 0 radical (unpaired) electrons. The van der Waals surface area contributed by atoms with Crippen LogP contribution in [0.5, 0.6) is 0 Å². The van der Waals surface area contributed by atoms with Gasteiger partial charge in [-0.25, -0.2) is 0 Å². The van der Waals surface area contributed by atoms with Gasteiger partial charge in [-0.15, -0.1) is 0 Å². The van der Waals surface area contributed by atoms with E-state index in [1.54, 1.807) is 0 Å². The number of nitrogens with one attached hydrogen (secondary N) is 1. The van der Waals surface area contributed by atoms with Gasteiger partial charge < -0.3 is 10.1 Å². The fraction of sp³-hybridized carbons (Fsp3) is 0.778. The summed E-state index contributed by atoms with van der Waals surface area (Å²) < 4.78 is 7.77. The summed E-state index contributed by atoms with van der Waals surface area (Å²) in [7, 11) is 1.94. The zero-order chi connectivity index (χ0) is 16.5. The highest BCUT2D eigenvalue weighted by Gasteiger charge is 2.44. The first kappa shape index (κ1) is 16.1. The second-order valence-corrected chi connectivity index (χ2v) is 7.67. The molecular weight excluding hydrogens is 304 g/mol. The number of carbonyl (C=O) groups is 1. The first-order chi connectivity index (χ1) is 11.7. The van der Waals surface area contributed by atoms with Crippen molar-refractivity contribution in [3.05, 3.63) is 18.0 Å². The molecule has 1 N–H and O–H groups in total. The molecule has 24 heavy (non-hydrogen) atoms. The number of hydrogen-bond donors (Lipinski definition) is 1. The maximum atomic E-state index is 12.9. The highest BCUT2D eigenvalue weighted by atomic mass is 16.5. The van der Waals surface area contributed by atoms with Crippen molar-refractivity contribution in [2.75, 3.05) is 19.7 Å². The van der Waals surface area contributed by atoms with E-state index < -0.39 is 0 Å². The fourth-order valence-corrected chi connectivity index (χ4v) is 4.65. The smallest absolute Gasteiger partial charge is 0.225 e. The summed E-state index contributed by atoms with van der Waals surface area (Å²) in [6.45, 7) is 3.39. The van der Waals surface area contributed by atoms with Crippen LogP contribution in [0, 0.1) is 11.8 Å². The quantitative estimate of drug-likeness (QED) is 0.903. The van der Waals surface area contributed by atoms with Crippen molar-refractivity contribution in [1.29, 1.82) is 0 Å². The molecule has 6 heteroatoms. The van der Waals surface area contributed by atoms with Crippen LogP contribution in [-0.4, -0.2) is 52.4 Å². The third-order valence-electron chi connectivity index (χ3n) is 5.87. The van der Waals surface area contributed by atoms with Crippen molar-refractivity contribution < 1.29 is 9.53 Å². The zero-order valence-electron chi connectivity index (χ0n) is 14.5. The van der Waals surface area contributed by atoms with Crippen LogP contribution in [0.2, 0.25) is 0 Å². The van der Waals surface area contributed by atoms with Crippen molar-refractivity contribution in [3.8, 4) is 0 Å². The lowest BCUT2D eigenvalue weighted by Crippen LogP contribution is -2.53. The highest BCUT2D eigenvalue weighted by Crippen LogP contribution is 2.34. The maximum absolute atomic E-state index is 12.9.